The maximum atomic E-state index is 12.9. The molecule has 0 N–H and O–H groups in total. The quantitative estimate of drug-likeness (QED) is 0.320. The Balaban J connectivity index is 1.95. The van der Waals surface area contributed by atoms with Crippen LogP contribution in [0.3, 0.4) is 0 Å². The molecule has 0 saturated heterocycles. The largest absolute Gasteiger partial charge is 0.320 e. The van der Waals surface area contributed by atoms with Crippen LogP contribution >= 0.6 is 11.8 Å². The summed E-state index contributed by atoms with van der Waals surface area (Å²) in [5.74, 6) is 0.856. The second-order valence-electron chi connectivity index (χ2n) is 7.28. The molecule has 1 heterocycles. The number of hydrogen-bond acceptors (Lipinski definition) is 4. The maximum Gasteiger partial charge on any atom is 0.194 e. The Morgan fingerprint density at radius 3 is 2.33 bits per heavy atom. The molecule has 158 valence electrons. The van der Waals surface area contributed by atoms with Gasteiger partial charge in [-0.1, -0.05) is 67.9 Å². The predicted molar refractivity (Wildman–Crippen MR) is 127 cm³/mol. The van der Waals surface area contributed by atoms with Crippen LogP contribution in [0.4, 0.5) is 0 Å². The molecule has 0 saturated carbocycles. The molecule has 6 heteroatoms. The van der Waals surface area contributed by atoms with Gasteiger partial charge in [-0.15, -0.1) is 11.8 Å². The van der Waals surface area contributed by atoms with Crippen LogP contribution in [0, 0.1) is 0 Å². The molecule has 3 rings (SSSR count). The highest BCUT2D eigenvalue weighted by Gasteiger charge is 2.23. The lowest BCUT2D eigenvalue weighted by Crippen LogP contribution is -2.18. The molecule has 0 aliphatic carbocycles. The number of imidazole rings is 1. The Morgan fingerprint density at radius 1 is 1.07 bits per heavy atom. The van der Waals surface area contributed by atoms with Crippen molar-refractivity contribution in [2.45, 2.75) is 37.8 Å². The summed E-state index contributed by atoms with van der Waals surface area (Å²) in [6.07, 6.45) is 6.41. The van der Waals surface area contributed by atoms with Gasteiger partial charge in [-0.2, -0.15) is 0 Å². The van der Waals surface area contributed by atoms with Crippen molar-refractivity contribution in [1.29, 1.82) is 0 Å². The van der Waals surface area contributed by atoms with Crippen LogP contribution in [0.2, 0.25) is 0 Å². The third-order valence-electron chi connectivity index (χ3n) is 4.96. The first-order valence-electron chi connectivity index (χ1n) is 10.1. The zero-order valence-electron chi connectivity index (χ0n) is 17.8. The van der Waals surface area contributed by atoms with Gasteiger partial charge in [0, 0.05) is 30.0 Å². The topological polar surface area (TPSA) is 52.0 Å². The van der Waals surface area contributed by atoms with Crippen molar-refractivity contribution in [3.8, 4) is 11.1 Å². The fourth-order valence-corrected chi connectivity index (χ4v) is 4.57. The highest BCUT2D eigenvalue weighted by atomic mass is 32.2. The lowest BCUT2D eigenvalue weighted by atomic mass is 10.0. The van der Waals surface area contributed by atoms with E-state index in [-0.39, 0.29) is 11.5 Å². The number of nitrogens with zero attached hydrogens (tertiary/aromatic N) is 2. The minimum Gasteiger partial charge on any atom is -0.320 e. The molecule has 1 atom stereocenters. The first-order valence-corrected chi connectivity index (χ1v) is 13.1. The van der Waals surface area contributed by atoms with E-state index in [0.29, 0.717) is 12.2 Å². The number of rotatable bonds is 10. The average Bonchev–Trinajstić information content (AvgIpc) is 3.10. The molecule has 0 amide bonds. The number of Topliss-reactive ketones (excluding diaryl/α,β-unsaturated/α-hetero) is 1. The van der Waals surface area contributed by atoms with Crippen LogP contribution in [-0.4, -0.2) is 37.8 Å². The average molecular weight is 441 g/mol. The van der Waals surface area contributed by atoms with Gasteiger partial charge in [-0.25, -0.2) is 4.98 Å². The molecule has 1 unspecified atom stereocenters. The zero-order chi connectivity index (χ0) is 21.5. The fourth-order valence-electron chi connectivity index (χ4n) is 3.45. The lowest BCUT2D eigenvalue weighted by molar-refractivity contribution is 0.101. The number of unbranched alkanes of at least 4 members (excludes halogenated alkanes) is 1. The van der Waals surface area contributed by atoms with Gasteiger partial charge in [0.2, 0.25) is 0 Å². The normalized spacial score (nSPS) is 12.1. The summed E-state index contributed by atoms with van der Waals surface area (Å²) in [6, 6.07) is 18.7. The van der Waals surface area contributed by atoms with Gasteiger partial charge in [-0.05, 0) is 29.4 Å². The van der Waals surface area contributed by atoms with E-state index in [9.17, 15) is 9.00 Å². The lowest BCUT2D eigenvalue weighted by Gasteiger charge is -2.12. The van der Waals surface area contributed by atoms with E-state index in [0.717, 1.165) is 35.7 Å². The minimum absolute atomic E-state index is 0.0272. The smallest absolute Gasteiger partial charge is 0.194 e. The summed E-state index contributed by atoms with van der Waals surface area (Å²) in [4.78, 5) is 17.7. The first kappa shape index (κ1) is 22.5. The standard InChI is InChI=1S/C24H28N2O2S2/c1-4-5-11-22-25-24(29-2)23(21(27)17-30(3)28)26(22)16-18-12-14-20(15-13-18)19-9-7-6-8-10-19/h6-10,12-15H,4-5,11,16-17H2,1-3H3. The van der Waals surface area contributed by atoms with Crippen molar-refractivity contribution < 1.29 is 9.00 Å². The van der Waals surface area contributed by atoms with Crippen molar-refractivity contribution in [3.63, 3.8) is 0 Å². The van der Waals surface area contributed by atoms with E-state index in [1.54, 1.807) is 6.26 Å². The molecule has 4 nitrogen and oxygen atoms in total. The van der Waals surface area contributed by atoms with E-state index in [1.807, 2.05) is 29.0 Å². The number of aryl methyl sites for hydroxylation is 1. The number of hydrogen-bond donors (Lipinski definition) is 0. The summed E-state index contributed by atoms with van der Waals surface area (Å²) in [6.45, 7) is 2.73. The predicted octanol–water partition coefficient (Wildman–Crippen LogP) is 5.22. The summed E-state index contributed by atoms with van der Waals surface area (Å²) < 4.78 is 13.7. The molecular formula is C24H28N2O2S2. The highest BCUT2D eigenvalue weighted by Crippen LogP contribution is 2.25. The summed E-state index contributed by atoms with van der Waals surface area (Å²) >= 11 is 1.48. The molecule has 0 aliphatic heterocycles. The molecule has 0 bridgehead atoms. The number of ketones is 1. The van der Waals surface area contributed by atoms with E-state index in [1.165, 1.54) is 22.9 Å². The Morgan fingerprint density at radius 2 is 1.73 bits per heavy atom. The maximum absolute atomic E-state index is 12.9. The Labute approximate surface area is 185 Å². The molecule has 2 aromatic carbocycles. The second kappa shape index (κ2) is 10.7. The molecule has 0 fully saturated rings. The SMILES string of the molecule is CCCCc1nc(SC)c(C(=O)CS(C)=O)n1Cc1ccc(-c2ccccc2)cc1. The van der Waals surface area contributed by atoms with Gasteiger partial charge >= 0.3 is 0 Å². The van der Waals surface area contributed by atoms with Gasteiger partial charge < -0.3 is 4.57 Å². The minimum atomic E-state index is -1.18. The molecule has 1 aromatic heterocycles. The van der Waals surface area contributed by atoms with Crippen LogP contribution in [0.5, 0.6) is 0 Å². The summed E-state index contributed by atoms with van der Waals surface area (Å²) in [7, 11) is -1.18. The van der Waals surface area contributed by atoms with Crippen molar-refractivity contribution >= 4 is 28.3 Å². The third-order valence-corrected chi connectivity index (χ3v) is 6.30. The number of aromatic nitrogens is 2. The molecule has 0 aliphatic rings. The van der Waals surface area contributed by atoms with Crippen LogP contribution < -0.4 is 0 Å². The molecule has 3 aromatic rings. The van der Waals surface area contributed by atoms with E-state index in [2.05, 4.69) is 43.3 Å². The molecule has 30 heavy (non-hydrogen) atoms. The molecule has 0 spiro atoms. The number of thioether (sulfide) groups is 1. The molecule has 0 radical (unpaired) electrons. The summed E-state index contributed by atoms with van der Waals surface area (Å²) in [5.41, 5.74) is 4.06. The van der Waals surface area contributed by atoms with Crippen molar-refractivity contribution in [2.24, 2.45) is 0 Å². The second-order valence-corrected chi connectivity index (χ2v) is 9.51. The monoisotopic (exact) mass is 440 g/mol. The Hall–Kier alpha value is -2.18. The van der Waals surface area contributed by atoms with Crippen LogP contribution in [0.15, 0.2) is 59.6 Å². The Kier molecular flexibility index (Phi) is 8.05. The van der Waals surface area contributed by atoms with E-state index >= 15 is 0 Å². The fraction of sp³-hybridized carbons (Fsp3) is 0.333. The van der Waals surface area contributed by atoms with Gasteiger partial charge in [-0.3, -0.25) is 9.00 Å². The van der Waals surface area contributed by atoms with Crippen LogP contribution in [-0.2, 0) is 23.8 Å². The van der Waals surface area contributed by atoms with E-state index < -0.39 is 10.8 Å². The van der Waals surface area contributed by atoms with Crippen LogP contribution in [0.1, 0.15) is 41.6 Å². The van der Waals surface area contributed by atoms with Gasteiger partial charge in [0.05, 0.1) is 5.75 Å². The van der Waals surface area contributed by atoms with Crippen molar-refractivity contribution in [3.05, 3.63) is 71.7 Å². The zero-order valence-corrected chi connectivity index (χ0v) is 19.4. The van der Waals surface area contributed by atoms with Crippen molar-refractivity contribution in [2.75, 3.05) is 18.3 Å². The van der Waals surface area contributed by atoms with Crippen molar-refractivity contribution in [1.82, 2.24) is 9.55 Å². The Bertz CT molecular complexity index is 1010. The first-order chi connectivity index (χ1) is 14.5. The number of carbonyl (C=O) groups excluding carboxylic acids is 1. The van der Waals surface area contributed by atoms with Gasteiger partial charge in [0.1, 0.15) is 16.5 Å². The summed E-state index contributed by atoms with van der Waals surface area (Å²) in [5, 5.41) is 0.734. The van der Waals surface area contributed by atoms with E-state index in [4.69, 9.17) is 4.98 Å². The highest BCUT2D eigenvalue weighted by molar-refractivity contribution is 7.98. The van der Waals surface area contributed by atoms with Crippen LogP contribution in [0.25, 0.3) is 11.1 Å². The number of carbonyl (C=O) groups is 1. The molecular weight excluding hydrogens is 412 g/mol. The third kappa shape index (κ3) is 5.49. The van der Waals surface area contributed by atoms with Gasteiger partial charge in [0.25, 0.3) is 0 Å². The van der Waals surface area contributed by atoms with Gasteiger partial charge in [0.15, 0.2) is 5.78 Å². The number of benzene rings is 2.